The van der Waals surface area contributed by atoms with E-state index in [9.17, 15) is 18.0 Å². The molecular weight excluding hydrogens is 273 g/mol. The Morgan fingerprint density at radius 1 is 1.20 bits per heavy atom. The molecule has 0 aromatic rings. The molecule has 0 aromatic carbocycles. The van der Waals surface area contributed by atoms with Crippen molar-refractivity contribution in [3.8, 4) is 0 Å². The van der Waals surface area contributed by atoms with E-state index in [1.165, 1.54) is 0 Å². The van der Waals surface area contributed by atoms with Gasteiger partial charge in [-0.25, -0.2) is 0 Å². The van der Waals surface area contributed by atoms with E-state index in [4.69, 9.17) is 9.84 Å². The van der Waals surface area contributed by atoms with Crippen LogP contribution in [0.4, 0.5) is 13.2 Å². The lowest BCUT2D eigenvalue weighted by Gasteiger charge is -2.27. The molecule has 6 heteroatoms. The second-order valence-electron chi connectivity index (χ2n) is 5.06. The third-order valence-corrected chi connectivity index (χ3v) is 3.32. The fourth-order valence-corrected chi connectivity index (χ4v) is 2.23. The van der Waals surface area contributed by atoms with Gasteiger partial charge in [0.2, 0.25) is 0 Å². The quantitative estimate of drug-likeness (QED) is 0.615. The van der Waals surface area contributed by atoms with Crippen LogP contribution in [0.2, 0.25) is 0 Å². The van der Waals surface area contributed by atoms with Crippen molar-refractivity contribution < 1.29 is 27.8 Å². The SMILES string of the molecule is CCCCC(OCC(F)(F)F)C(CC)CCCC(=O)O. The molecule has 0 heterocycles. The van der Waals surface area contributed by atoms with Gasteiger partial charge in [0.1, 0.15) is 6.61 Å². The lowest BCUT2D eigenvalue weighted by molar-refractivity contribution is -0.191. The van der Waals surface area contributed by atoms with Crippen molar-refractivity contribution in [3.63, 3.8) is 0 Å². The van der Waals surface area contributed by atoms with Crippen LogP contribution < -0.4 is 0 Å². The molecule has 20 heavy (non-hydrogen) atoms. The van der Waals surface area contributed by atoms with Gasteiger partial charge in [-0.1, -0.05) is 33.1 Å². The first kappa shape index (κ1) is 19.2. The van der Waals surface area contributed by atoms with Gasteiger partial charge < -0.3 is 9.84 Å². The Morgan fingerprint density at radius 3 is 2.30 bits per heavy atom. The van der Waals surface area contributed by atoms with Gasteiger partial charge in [0, 0.05) is 6.42 Å². The van der Waals surface area contributed by atoms with E-state index in [1.54, 1.807) is 0 Å². The molecule has 0 saturated carbocycles. The number of halogens is 3. The van der Waals surface area contributed by atoms with Crippen LogP contribution in [-0.2, 0) is 9.53 Å². The summed E-state index contributed by atoms with van der Waals surface area (Å²) in [5.41, 5.74) is 0. The van der Waals surface area contributed by atoms with Crippen molar-refractivity contribution in [1.29, 1.82) is 0 Å². The van der Waals surface area contributed by atoms with E-state index >= 15 is 0 Å². The zero-order valence-electron chi connectivity index (χ0n) is 12.2. The van der Waals surface area contributed by atoms with Crippen LogP contribution in [0.1, 0.15) is 58.8 Å². The Hall–Kier alpha value is -0.780. The second kappa shape index (κ2) is 10.0. The molecule has 0 radical (unpaired) electrons. The van der Waals surface area contributed by atoms with Crippen molar-refractivity contribution in [3.05, 3.63) is 0 Å². The van der Waals surface area contributed by atoms with Gasteiger partial charge in [-0.15, -0.1) is 0 Å². The van der Waals surface area contributed by atoms with Gasteiger partial charge in [0.15, 0.2) is 0 Å². The summed E-state index contributed by atoms with van der Waals surface area (Å²) in [5.74, 6) is -0.885. The standard InChI is InChI=1S/C14H25F3O3/c1-3-5-8-12(20-10-14(15,16)17)11(4-2)7-6-9-13(18)19/h11-12H,3-10H2,1-2H3,(H,18,19). The van der Waals surface area contributed by atoms with Gasteiger partial charge in [-0.05, 0) is 25.2 Å². The number of aliphatic carboxylic acids is 1. The molecule has 0 spiro atoms. The predicted octanol–water partition coefficient (Wildman–Crippen LogP) is 4.41. The molecule has 0 aliphatic heterocycles. The number of alkyl halides is 3. The van der Waals surface area contributed by atoms with E-state index in [1.807, 2.05) is 13.8 Å². The number of carbonyl (C=O) groups is 1. The predicted molar refractivity (Wildman–Crippen MR) is 70.6 cm³/mol. The van der Waals surface area contributed by atoms with Crippen molar-refractivity contribution in [2.45, 2.75) is 71.1 Å². The Bertz CT molecular complexity index is 267. The largest absolute Gasteiger partial charge is 0.481 e. The van der Waals surface area contributed by atoms with Crippen LogP contribution in [-0.4, -0.2) is 30.0 Å². The van der Waals surface area contributed by atoms with E-state index in [0.717, 1.165) is 12.8 Å². The van der Waals surface area contributed by atoms with Gasteiger partial charge in [-0.3, -0.25) is 4.79 Å². The van der Waals surface area contributed by atoms with Crippen LogP contribution in [0.15, 0.2) is 0 Å². The molecule has 3 nitrogen and oxygen atoms in total. The van der Waals surface area contributed by atoms with Gasteiger partial charge in [0.25, 0.3) is 0 Å². The number of unbranched alkanes of at least 4 members (excludes halogenated alkanes) is 1. The fraction of sp³-hybridized carbons (Fsp3) is 0.929. The van der Waals surface area contributed by atoms with Crippen molar-refractivity contribution in [2.75, 3.05) is 6.61 Å². The molecule has 0 saturated heterocycles. The molecule has 0 rings (SSSR count). The Kier molecular flexibility index (Phi) is 9.63. The molecule has 1 N–H and O–H groups in total. The van der Waals surface area contributed by atoms with Gasteiger partial charge in [0.05, 0.1) is 6.10 Å². The summed E-state index contributed by atoms with van der Waals surface area (Å²) in [6, 6.07) is 0. The minimum atomic E-state index is -4.32. The number of carboxylic acids is 1. The summed E-state index contributed by atoms with van der Waals surface area (Å²) in [7, 11) is 0. The van der Waals surface area contributed by atoms with Crippen molar-refractivity contribution >= 4 is 5.97 Å². The average molecular weight is 298 g/mol. The van der Waals surface area contributed by atoms with Crippen LogP contribution in [0.25, 0.3) is 0 Å². The van der Waals surface area contributed by atoms with Crippen molar-refractivity contribution in [1.82, 2.24) is 0 Å². The monoisotopic (exact) mass is 298 g/mol. The number of hydrogen-bond acceptors (Lipinski definition) is 2. The normalized spacial score (nSPS) is 15.1. The molecule has 2 atom stereocenters. The third kappa shape index (κ3) is 10.1. The first-order chi connectivity index (χ1) is 9.30. The van der Waals surface area contributed by atoms with Gasteiger partial charge in [-0.2, -0.15) is 13.2 Å². The minimum absolute atomic E-state index is 0.0109. The molecule has 0 bridgehead atoms. The number of ether oxygens (including phenoxy) is 1. The zero-order valence-corrected chi connectivity index (χ0v) is 12.2. The van der Waals surface area contributed by atoms with Gasteiger partial charge >= 0.3 is 12.1 Å². The highest BCUT2D eigenvalue weighted by atomic mass is 19.4. The number of rotatable bonds is 11. The molecule has 120 valence electrons. The first-order valence-electron chi connectivity index (χ1n) is 7.20. The summed E-state index contributed by atoms with van der Waals surface area (Å²) >= 11 is 0. The third-order valence-electron chi connectivity index (χ3n) is 3.32. The zero-order chi connectivity index (χ0) is 15.6. The molecule has 0 amide bonds. The van der Waals surface area contributed by atoms with E-state index in [2.05, 4.69) is 0 Å². The summed E-state index contributed by atoms with van der Waals surface area (Å²) in [6.45, 7) is 2.66. The molecule has 0 aliphatic rings. The maximum Gasteiger partial charge on any atom is 0.411 e. The molecule has 0 aliphatic carbocycles. The first-order valence-corrected chi connectivity index (χ1v) is 7.20. The molecular formula is C14H25F3O3. The topological polar surface area (TPSA) is 46.5 Å². The molecule has 2 unspecified atom stereocenters. The Balaban J connectivity index is 4.39. The number of hydrogen-bond donors (Lipinski definition) is 1. The maximum atomic E-state index is 12.3. The number of carboxylic acid groups (broad SMARTS) is 1. The Labute approximate surface area is 118 Å². The summed E-state index contributed by atoms with van der Waals surface area (Å²) < 4.78 is 41.8. The fourth-order valence-electron chi connectivity index (χ4n) is 2.23. The minimum Gasteiger partial charge on any atom is -0.481 e. The highest BCUT2D eigenvalue weighted by molar-refractivity contribution is 5.66. The van der Waals surface area contributed by atoms with Crippen LogP contribution in [0, 0.1) is 5.92 Å². The second-order valence-corrected chi connectivity index (χ2v) is 5.06. The van der Waals surface area contributed by atoms with Crippen LogP contribution in [0.5, 0.6) is 0 Å². The van der Waals surface area contributed by atoms with E-state index in [-0.39, 0.29) is 12.3 Å². The average Bonchev–Trinajstić information content (AvgIpc) is 2.34. The Morgan fingerprint density at radius 2 is 1.85 bits per heavy atom. The van der Waals surface area contributed by atoms with Crippen molar-refractivity contribution in [2.24, 2.45) is 5.92 Å². The molecule has 0 fully saturated rings. The van der Waals surface area contributed by atoms with E-state index in [0.29, 0.717) is 25.7 Å². The highest BCUT2D eigenvalue weighted by Gasteiger charge is 2.31. The van der Waals surface area contributed by atoms with E-state index < -0.39 is 24.9 Å². The summed E-state index contributed by atoms with van der Waals surface area (Å²) in [4.78, 5) is 10.5. The molecule has 0 aromatic heterocycles. The lowest BCUT2D eigenvalue weighted by Crippen LogP contribution is -2.29. The summed E-state index contributed by atoms with van der Waals surface area (Å²) in [5, 5.41) is 8.61. The highest BCUT2D eigenvalue weighted by Crippen LogP contribution is 2.26. The lowest BCUT2D eigenvalue weighted by atomic mass is 9.90. The summed E-state index contributed by atoms with van der Waals surface area (Å²) in [6.07, 6.45) is -0.615. The maximum absolute atomic E-state index is 12.3. The smallest absolute Gasteiger partial charge is 0.411 e. The van der Waals surface area contributed by atoms with Crippen LogP contribution in [0.3, 0.4) is 0 Å². The van der Waals surface area contributed by atoms with Crippen LogP contribution >= 0.6 is 0 Å².